The molecule has 4 heteroatoms. The highest BCUT2D eigenvalue weighted by molar-refractivity contribution is 7.99. The van der Waals surface area contributed by atoms with Gasteiger partial charge in [-0.05, 0) is 24.9 Å². The van der Waals surface area contributed by atoms with Crippen LogP contribution in [0.25, 0.3) is 0 Å². The van der Waals surface area contributed by atoms with E-state index in [4.69, 9.17) is 9.84 Å². The highest BCUT2D eigenvalue weighted by Gasteiger charge is 2.09. The molecule has 0 bridgehead atoms. The molecule has 0 aromatic rings. The first-order valence-corrected chi connectivity index (χ1v) is 5.26. The van der Waals surface area contributed by atoms with E-state index < -0.39 is 12.1 Å². The van der Waals surface area contributed by atoms with Crippen LogP contribution in [0.15, 0.2) is 0 Å². The van der Waals surface area contributed by atoms with E-state index in [-0.39, 0.29) is 0 Å². The lowest BCUT2D eigenvalue weighted by Crippen LogP contribution is -2.20. The lowest BCUT2D eigenvalue weighted by atomic mass is 10.4. The molecule has 0 aliphatic rings. The Balaban J connectivity index is 3.14. The summed E-state index contributed by atoms with van der Waals surface area (Å²) in [5, 5.41) is 8.45. The van der Waals surface area contributed by atoms with Crippen LogP contribution in [0.2, 0.25) is 0 Å². The molecule has 0 aliphatic heterocycles. The maximum absolute atomic E-state index is 10.3. The van der Waals surface area contributed by atoms with Crippen molar-refractivity contribution in [3.63, 3.8) is 0 Å². The number of carboxylic acid groups (broad SMARTS) is 1. The molecule has 0 aromatic heterocycles. The third-order valence-corrected chi connectivity index (χ3v) is 2.34. The molecule has 3 nitrogen and oxygen atoms in total. The number of thioether (sulfide) groups is 1. The number of hydrogen-bond donors (Lipinski definition) is 1. The average molecular weight is 192 g/mol. The van der Waals surface area contributed by atoms with Gasteiger partial charge in [0.05, 0.1) is 0 Å². The third kappa shape index (κ3) is 6.49. The number of ether oxygens (including phenoxy) is 1. The summed E-state index contributed by atoms with van der Waals surface area (Å²) in [6, 6.07) is 0. The summed E-state index contributed by atoms with van der Waals surface area (Å²) in [6.07, 6.45) is 0.257. The predicted molar refractivity (Wildman–Crippen MR) is 50.7 cm³/mol. The zero-order valence-corrected chi connectivity index (χ0v) is 8.39. The Kier molecular flexibility index (Phi) is 7.29. The standard InChI is InChI=1S/C8H16O3S/c1-3-12-6-4-5-11-7(2)8(9)10/h7H,3-6H2,1-2H3,(H,9,10)/t7-/m0/s1. The van der Waals surface area contributed by atoms with Crippen LogP contribution >= 0.6 is 11.8 Å². The molecule has 0 unspecified atom stereocenters. The van der Waals surface area contributed by atoms with Crippen LogP contribution in [0.5, 0.6) is 0 Å². The zero-order valence-electron chi connectivity index (χ0n) is 7.58. The second-order valence-electron chi connectivity index (χ2n) is 2.40. The van der Waals surface area contributed by atoms with Gasteiger partial charge in [0.2, 0.25) is 0 Å². The predicted octanol–water partition coefficient (Wildman–Crippen LogP) is 1.62. The van der Waals surface area contributed by atoms with Crippen molar-refractivity contribution >= 4 is 17.7 Å². The first-order valence-electron chi connectivity index (χ1n) is 4.10. The van der Waals surface area contributed by atoms with Gasteiger partial charge in [-0.3, -0.25) is 0 Å². The van der Waals surface area contributed by atoms with E-state index in [1.54, 1.807) is 6.92 Å². The highest BCUT2D eigenvalue weighted by Crippen LogP contribution is 2.01. The zero-order chi connectivity index (χ0) is 9.40. The van der Waals surface area contributed by atoms with Crippen LogP contribution in [0, 0.1) is 0 Å². The van der Waals surface area contributed by atoms with Crippen molar-refractivity contribution in [3.8, 4) is 0 Å². The first-order chi connectivity index (χ1) is 5.68. The molecule has 0 heterocycles. The van der Waals surface area contributed by atoms with Crippen LogP contribution in [-0.2, 0) is 9.53 Å². The first kappa shape index (κ1) is 11.8. The fourth-order valence-corrected chi connectivity index (χ4v) is 1.25. The van der Waals surface area contributed by atoms with E-state index in [1.165, 1.54) is 0 Å². The maximum Gasteiger partial charge on any atom is 0.332 e. The monoisotopic (exact) mass is 192 g/mol. The Morgan fingerprint density at radius 3 is 2.83 bits per heavy atom. The fourth-order valence-electron chi connectivity index (χ4n) is 0.637. The molecular formula is C8H16O3S. The minimum absolute atomic E-state index is 0.542. The third-order valence-electron chi connectivity index (χ3n) is 1.35. The molecule has 0 saturated heterocycles. The largest absolute Gasteiger partial charge is 0.479 e. The second kappa shape index (κ2) is 7.43. The summed E-state index contributed by atoms with van der Waals surface area (Å²) in [4.78, 5) is 10.3. The van der Waals surface area contributed by atoms with Crippen molar-refractivity contribution in [3.05, 3.63) is 0 Å². The highest BCUT2D eigenvalue weighted by atomic mass is 32.2. The molecule has 12 heavy (non-hydrogen) atoms. The van der Waals surface area contributed by atoms with Gasteiger partial charge in [0.25, 0.3) is 0 Å². The van der Waals surface area contributed by atoms with Crippen molar-refractivity contribution in [1.29, 1.82) is 0 Å². The smallest absolute Gasteiger partial charge is 0.332 e. The molecule has 0 amide bonds. The van der Waals surface area contributed by atoms with E-state index in [0.717, 1.165) is 17.9 Å². The van der Waals surface area contributed by atoms with Crippen molar-refractivity contribution in [1.82, 2.24) is 0 Å². The lowest BCUT2D eigenvalue weighted by molar-refractivity contribution is -0.149. The van der Waals surface area contributed by atoms with E-state index in [2.05, 4.69) is 6.92 Å². The molecule has 0 saturated carbocycles. The van der Waals surface area contributed by atoms with Crippen LogP contribution in [0.4, 0.5) is 0 Å². The van der Waals surface area contributed by atoms with E-state index in [1.807, 2.05) is 11.8 Å². The van der Waals surface area contributed by atoms with Gasteiger partial charge in [0, 0.05) is 6.61 Å². The summed E-state index contributed by atoms with van der Waals surface area (Å²) in [6.45, 7) is 4.20. The number of aliphatic carboxylic acids is 1. The van der Waals surface area contributed by atoms with Crippen LogP contribution < -0.4 is 0 Å². The fraction of sp³-hybridized carbons (Fsp3) is 0.875. The normalized spacial score (nSPS) is 12.8. The number of hydrogen-bond acceptors (Lipinski definition) is 3. The Labute approximate surface area is 77.5 Å². The molecule has 0 spiro atoms. The van der Waals surface area contributed by atoms with Gasteiger partial charge in [-0.25, -0.2) is 4.79 Å². The SMILES string of the molecule is CCSCCCO[C@@H](C)C(=O)O. The minimum atomic E-state index is -0.891. The molecule has 1 N–H and O–H groups in total. The molecular weight excluding hydrogens is 176 g/mol. The molecule has 1 atom stereocenters. The molecule has 0 fully saturated rings. The summed E-state index contributed by atoms with van der Waals surface area (Å²) in [5.74, 6) is 1.26. The van der Waals surface area contributed by atoms with E-state index in [9.17, 15) is 4.79 Å². The lowest BCUT2D eigenvalue weighted by Gasteiger charge is -2.07. The minimum Gasteiger partial charge on any atom is -0.479 e. The Morgan fingerprint density at radius 2 is 2.33 bits per heavy atom. The van der Waals surface area contributed by atoms with Crippen molar-refractivity contribution < 1.29 is 14.6 Å². The average Bonchev–Trinajstić information content (AvgIpc) is 2.03. The summed E-state index contributed by atoms with van der Waals surface area (Å²) < 4.78 is 5.04. The van der Waals surface area contributed by atoms with Crippen LogP contribution in [-0.4, -0.2) is 35.3 Å². The Bertz CT molecular complexity index is 127. The van der Waals surface area contributed by atoms with Crippen LogP contribution in [0.3, 0.4) is 0 Å². The van der Waals surface area contributed by atoms with Gasteiger partial charge in [0.1, 0.15) is 0 Å². The number of carboxylic acids is 1. The van der Waals surface area contributed by atoms with Gasteiger partial charge < -0.3 is 9.84 Å². The summed E-state index contributed by atoms with van der Waals surface area (Å²) in [7, 11) is 0. The van der Waals surface area contributed by atoms with Gasteiger partial charge in [-0.2, -0.15) is 11.8 Å². The Hall–Kier alpha value is -0.220. The van der Waals surface area contributed by atoms with Crippen molar-refractivity contribution in [2.45, 2.75) is 26.4 Å². The van der Waals surface area contributed by atoms with E-state index >= 15 is 0 Å². The quantitative estimate of drug-likeness (QED) is 0.623. The number of rotatable bonds is 7. The van der Waals surface area contributed by atoms with Gasteiger partial charge in [-0.15, -0.1) is 0 Å². The molecule has 0 radical (unpaired) electrons. The molecule has 0 rings (SSSR count). The van der Waals surface area contributed by atoms with Gasteiger partial charge >= 0.3 is 5.97 Å². The van der Waals surface area contributed by atoms with E-state index in [0.29, 0.717) is 6.61 Å². The summed E-state index contributed by atoms with van der Waals surface area (Å²) >= 11 is 1.84. The topological polar surface area (TPSA) is 46.5 Å². The van der Waals surface area contributed by atoms with Gasteiger partial charge in [-0.1, -0.05) is 6.92 Å². The molecule has 0 aliphatic carbocycles. The maximum atomic E-state index is 10.3. The van der Waals surface area contributed by atoms with Crippen molar-refractivity contribution in [2.75, 3.05) is 18.1 Å². The molecule has 0 aromatic carbocycles. The second-order valence-corrected chi connectivity index (χ2v) is 3.80. The molecule has 72 valence electrons. The van der Waals surface area contributed by atoms with Crippen molar-refractivity contribution in [2.24, 2.45) is 0 Å². The van der Waals surface area contributed by atoms with Crippen LogP contribution in [0.1, 0.15) is 20.3 Å². The Morgan fingerprint density at radius 1 is 1.67 bits per heavy atom. The number of carbonyl (C=O) groups is 1. The van der Waals surface area contributed by atoms with Gasteiger partial charge in [0.15, 0.2) is 6.10 Å². The summed E-state index contributed by atoms with van der Waals surface area (Å²) in [5.41, 5.74) is 0.